The predicted molar refractivity (Wildman–Crippen MR) is 66.9 cm³/mol. The average molecular weight is 218 g/mol. The topological polar surface area (TPSA) is 0 Å². The van der Waals surface area contributed by atoms with E-state index in [2.05, 4.69) is 24.6 Å². The van der Waals surface area contributed by atoms with Gasteiger partial charge in [-0.2, -0.15) is 11.8 Å². The van der Waals surface area contributed by atoms with E-state index >= 15 is 0 Å². The van der Waals surface area contributed by atoms with Crippen LogP contribution in [-0.2, 0) is 0 Å². The highest BCUT2D eigenvalue weighted by molar-refractivity contribution is 8.77. The van der Waals surface area contributed by atoms with Gasteiger partial charge < -0.3 is 0 Å². The van der Waals surface area contributed by atoms with Gasteiger partial charge in [0.25, 0.3) is 0 Å². The maximum atomic E-state index is 3.65. The Balaban J connectivity index is 3.02. The number of hydrogen-bond acceptors (Lipinski definition) is 3. The van der Waals surface area contributed by atoms with Gasteiger partial charge in [0, 0.05) is 17.3 Å². The maximum absolute atomic E-state index is 3.65. The molecule has 12 heavy (non-hydrogen) atoms. The van der Waals surface area contributed by atoms with E-state index < -0.39 is 0 Å². The molecular formula is C9H14S3. The zero-order valence-corrected chi connectivity index (χ0v) is 9.52. The first-order valence-corrected chi connectivity index (χ1v) is 7.18. The quantitative estimate of drug-likeness (QED) is 0.343. The van der Waals surface area contributed by atoms with Crippen molar-refractivity contribution in [3.63, 3.8) is 0 Å². The molecule has 0 N–H and O–H groups in total. The summed E-state index contributed by atoms with van der Waals surface area (Å²) in [6, 6.07) is 0. The van der Waals surface area contributed by atoms with Crippen LogP contribution in [-0.4, -0.2) is 17.3 Å². The lowest BCUT2D eigenvalue weighted by molar-refractivity contribution is 1.74. The Labute approximate surface area is 87.4 Å². The summed E-state index contributed by atoms with van der Waals surface area (Å²) < 4.78 is 0. The monoisotopic (exact) mass is 218 g/mol. The third-order valence-corrected chi connectivity index (χ3v) is 3.72. The van der Waals surface area contributed by atoms with E-state index in [0.29, 0.717) is 0 Å². The number of rotatable bonds is 8. The van der Waals surface area contributed by atoms with E-state index in [1.807, 2.05) is 23.9 Å². The second kappa shape index (κ2) is 11.3. The summed E-state index contributed by atoms with van der Waals surface area (Å²) >= 11 is 1.87. The summed E-state index contributed by atoms with van der Waals surface area (Å²) in [6.07, 6.45) is 6.02. The number of thioether (sulfide) groups is 1. The third kappa shape index (κ3) is 10.3. The van der Waals surface area contributed by atoms with Gasteiger partial charge in [-0.3, -0.25) is 0 Å². The molecule has 0 amide bonds. The Morgan fingerprint density at radius 1 is 1.00 bits per heavy atom. The minimum atomic E-state index is 1.01. The fourth-order valence-electron chi connectivity index (χ4n) is 0.425. The van der Waals surface area contributed by atoms with Crippen LogP contribution in [0.2, 0.25) is 0 Å². The molecule has 0 fully saturated rings. The highest BCUT2D eigenvalue weighted by atomic mass is 33.1. The fraction of sp³-hybridized carbons (Fsp3) is 0.333. The van der Waals surface area contributed by atoms with Crippen LogP contribution in [0.15, 0.2) is 36.8 Å². The summed E-state index contributed by atoms with van der Waals surface area (Å²) in [5, 5.41) is 2.13. The first-order valence-electron chi connectivity index (χ1n) is 3.64. The highest BCUT2D eigenvalue weighted by Gasteiger charge is 1.81. The van der Waals surface area contributed by atoms with Crippen LogP contribution >= 0.6 is 33.3 Å². The first kappa shape index (κ1) is 12.3. The molecule has 0 aliphatic heterocycles. The molecule has 0 rings (SSSR count). The SMILES string of the molecule is C=CCSC/C=C\SSCC=C. The van der Waals surface area contributed by atoms with Gasteiger partial charge in [0.05, 0.1) is 0 Å². The van der Waals surface area contributed by atoms with Crippen LogP contribution < -0.4 is 0 Å². The summed E-state index contributed by atoms with van der Waals surface area (Å²) in [6.45, 7) is 7.30. The van der Waals surface area contributed by atoms with Crippen molar-refractivity contribution in [2.45, 2.75) is 0 Å². The van der Waals surface area contributed by atoms with Gasteiger partial charge >= 0.3 is 0 Å². The Morgan fingerprint density at radius 3 is 2.42 bits per heavy atom. The predicted octanol–water partition coefficient (Wildman–Crippen LogP) is 3.99. The lowest BCUT2D eigenvalue weighted by Crippen LogP contribution is -1.71. The smallest absolute Gasteiger partial charge is 0.0218 e. The van der Waals surface area contributed by atoms with Crippen molar-refractivity contribution in [3.05, 3.63) is 36.8 Å². The lowest BCUT2D eigenvalue weighted by Gasteiger charge is -1.90. The normalized spacial score (nSPS) is 10.3. The second-order valence-electron chi connectivity index (χ2n) is 1.87. The van der Waals surface area contributed by atoms with E-state index in [9.17, 15) is 0 Å². The molecule has 0 bridgehead atoms. The summed E-state index contributed by atoms with van der Waals surface area (Å²) in [5.74, 6) is 3.12. The van der Waals surface area contributed by atoms with Crippen LogP contribution in [0.1, 0.15) is 0 Å². The van der Waals surface area contributed by atoms with Crippen LogP contribution in [0.3, 0.4) is 0 Å². The molecule has 0 aliphatic rings. The van der Waals surface area contributed by atoms with Crippen molar-refractivity contribution in [1.82, 2.24) is 0 Å². The minimum Gasteiger partial charge on any atom is -0.154 e. The summed E-state index contributed by atoms with van der Waals surface area (Å²) in [5.41, 5.74) is 0. The van der Waals surface area contributed by atoms with E-state index in [4.69, 9.17) is 0 Å². The van der Waals surface area contributed by atoms with Gasteiger partial charge in [0.1, 0.15) is 0 Å². The molecule has 0 aromatic heterocycles. The number of hydrogen-bond donors (Lipinski definition) is 0. The Bertz CT molecular complexity index is 125. The minimum absolute atomic E-state index is 1.01. The van der Waals surface area contributed by atoms with Crippen LogP contribution in [0.5, 0.6) is 0 Å². The van der Waals surface area contributed by atoms with Crippen molar-refractivity contribution in [2.75, 3.05) is 17.3 Å². The molecule has 0 spiro atoms. The molecule has 3 heteroatoms. The van der Waals surface area contributed by atoms with Gasteiger partial charge in [-0.25, -0.2) is 0 Å². The van der Waals surface area contributed by atoms with Gasteiger partial charge in [-0.05, 0) is 5.41 Å². The maximum Gasteiger partial charge on any atom is 0.0218 e. The third-order valence-electron chi connectivity index (χ3n) is 0.855. The molecule has 0 aliphatic carbocycles. The largest absolute Gasteiger partial charge is 0.154 e. The molecule has 0 heterocycles. The van der Waals surface area contributed by atoms with E-state index in [-0.39, 0.29) is 0 Å². The van der Waals surface area contributed by atoms with Crippen LogP contribution in [0.25, 0.3) is 0 Å². The molecular weight excluding hydrogens is 204 g/mol. The zero-order chi connectivity index (χ0) is 9.07. The molecule has 0 aromatic rings. The van der Waals surface area contributed by atoms with Crippen molar-refractivity contribution in [1.29, 1.82) is 0 Å². The highest BCUT2D eigenvalue weighted by Crippen LogP contribution is 2.22. The van der Waals surface area contributed by atoms with Crippen molar-refractivity contribution in [3.8, 4) is 0 Å². The van der Waals surface area contributed by atoms with Crippen molar-refractivity contribution in [2.24, 2.45) is 0 Å². The van der Waals surface area contributed by atoms with Crippen LogP contribution in [0, 0.1) is 0 Å². The molecule has 68 valence electrons. The van der Waals surface area contributed by atoms with E-state index in [1.165, 1.54) is 0 Å². The zero-order valence-electron chi connectivity index (χ0n) is 7.07. The average Bonchev–Trinajstić information content (AvgIpc) is 2.10. The fourth-order valence-corrected chi connectivity index (χ4v) is 2.51. The molecule has 0 saturated heterocycles. The van der Waals surface area contributed by atoms with Gasteiger partial charge in [-0.15, -0.1) is 13.2 Å². The van der Waals surface area contributed by atoms with E-state index in [1.54, 1.807) is 21.6 Å². The molecule has 0 unspecified atom stereocenters. The molecule has 0 aromatic carbocycles. The summed E-state index contributed by atoms with van der Waals surface area (Å²) in [4.78, 5) is 0. The van der Waals surface area contributed by atoms with Gasteiger partial charge in [-0.1, -0.05) is 39.8 Å². The molecule has 0 saturated carbocycles. The Morgan fingerprint density at radius 2 is 1.75 bits per heavy atom. The molecule has 0 nitrogen and oxygen atoms in total. The lowest BCUT2D eigenvalue weighted by atomic mass is 10.8. The van der Waals surface area contributed by atoms with Crippen LogP contribution in [0.4, 0.5) is 0 Å². The summed E-state index contributed by atoms with van der Waals surface area (Å²) in [7, 11) is 3.56. The standard InChI is InChI=1S/C9H14S3/c1-3-6-10-8-5-9-12-11-7-4-2/h3-5,9H,1-2,6-8H2/b9-5-. The molecule has 0 atom stereocenters. The molecule has 0 radical (unpaired) electrons. The van der Waals surface area contributed by atoms with Crippen molar-refractivity contribution < 1.29 is 0 Å². The van der Waals surface area contributed by atoms with Gasteiger partial charge in [0.15, 0.2) is 0 Å². The second-order valence-corrected chi connectivity index (χ2v) is 5.26. The van der Waals surface area contributed by atoms with Gasteiger partial charge in [0.2, 0.25) is 0 Å². The van der Waals surface area contributed by atoms with Crippen molar-refractivity contribution >= 4 is 33.3 Å². The Kier molecular flexibility index (Phi) is 11.5. The van der Waals surface area contributed by atoms with E-state index in [0.717, 1.165) is 17.3 Å². The Hall–Kier alpha value is 0.270. The first-order chi connectivity index (χ1) is 5.91.